The van der Waals surface area contributed by atoms with Crippen molar-refractivity contribution in [3.63, 3.8) is 0 Å². The van der Waals surface area contributed by atoms with Crippen molar-refractivity contribution in [2.24, 2.45) is 5.92 Å². The summed E-state index contributed by atoms with van der Waals surface area (Å²) < 4.78 is 0. The van der Waals surface area contributed by atoms with Gasteiger partial charge in [-0.1, -0.05) is 6.92 Å². The molecule has 2 N–H and O–H groups in total. The van der Waals surface area contributed by atoms with Crippen molar-refractivity contribution in [3.05, 3.63) is 27.9 Å². The molecule has 2 unspecified atom stereocenters. The largest absolute Gasteiger partial charge is 0.478 e. The van der Waals surface area contributed by atoms with Gasteiger partial charge in [-0.3, -0.25) is 10.1 Å². The van der Waals surface area contributed by atoms with Crippen molar-refractivity contribution < 1.29 is 14.8 Å². The molecule has 0 bridgehead atoms. The Bertz CT molecular complexity index is 518. The average molecular weight is 265 g/mol. The van der Waals surface area contributed by atoms with Gasteiger partial charge >= 0.3 is 5.97 Å². The minimum absolute atomic E-state index is 0.159. The van der Waals surface area contributed by atoms with Crippen LogP contribution in [0.1, 0.15) is 36.5 Å². The molecule has 1 aromatic rings. The average Bonchev–Trinajstić information content (AvgIpc) is 2.74. The van der Waals surface area contributed by atoms with Gasteiger partial charge in [-0.05, 0) is 25.2 Å². The zero-order chi connectivity index (χ0) is 14.0. The minimum atomic E-state index is -1.22. The molecule has 7 nitrogen and oxygen atoms in total. The summed E-state index contributed by atoms with van der Waals surface area (Å²) >= 11 is 0. The van der Waals surface area contributed by atoms with Crippen LogP contribution in [0.4, 0.5) is 11.5 Å². The lowest BCUT2D eigenvalue weighted by atomic mass is 10.1. The van der Waals surface area contributed by atoms with Crippen LogP contribution in [-0.2, 0) is 0 Å². The van der Waals surface area contributed by atoms with Gasteiger partial charge in [0.05, 0.1) is 4.92 Å². The number of pyridine rings is 1. The summed E-state index contributed by atoms with van der Waals surface area (Å²) in [6, 6.07) is 1.22. The highest BCUT2D eigenvalue weighted by Gasteiger charge is 2.24. The summed E-state index contributed by atoms with van der Waals surface area (Å²) in [5.74, 6) is -0.411. The number of aromatic carboxylic acids is 1. The van der Waals surface area contributed by atoms with Gasteiger partial charge in [0.1, 0.15) is 17.6 Å². The Labute approximate surface area is 109 Å². The smallest absolute Gasteiger partial charge is 0.339 e. The number of nitrogens with zero attached hydrogens (tertiary/aromatic N) is 2. The lowest BCUT2D eigenvalue weighted by molar-refractivity contribution is -0.385. The summed E-state index contributed by atoms with van der Waals surface area (Å²) in [5, 5.41) is 22.8. The van der Waals surface area contributed by atoms with Gasteiger partial charge in [-0.2, -0.15) is 0 Å². The van der Waals surface area contributed by atoms with Crippen molar-refractivity contribution in [2.75, 3.05) is 5.32 Å². The molecule has 0 saturated heterocycles. The molecule has 1 saturated carbocycles. The Kier molecular flexibility index (Phi) is 3.64. The molecule has 1 fully saturated rings. The number of rotatable bonds is 4. The molecule has 1 aromatic heterocycles. The van der Waals surface area contributed by atoms with Crippen molar-refractivity contribution >= 4 is 17.5 Å². The molecular weight excluding hydrogens is 250 g/mol. The van der Waals surface area contributed by atoms with E-state index in [9.17, 15) is 14.9 Å². The second-order valence-corrected chi connectivity index (χ2v) is 4.91. The third-order valence-corrected chi connectivity index (χ3v) is 3.35. The van der Waals surface area contributed by atoms with Crippen LogP contribution in [0.15, 0.2) is 12.3 Å². The van der Waals surface area contributed by atoms with E-state index in [1.165, 1.54) is 0 Å². The fourth-order valence-electron chi connectivity index (χ4n) is 2.36. The maximum Gasteiger partial charge on any atom is 0.339 e. The van der Waals surface area contributed by atoms with Crippen LogP contribution in [0.2, 0.25) is 0 Å². The molecule has 102 valence electrons. The van der Waals surface area contributed by atoms with Crippen LogP contribution in [0.3, 0.4) is 0 Å². The number of aromatic nitrogens is 1. The third-order valence-electron chi connectivity index (χ3n) is 3.35. The van der Waals surface area contributed by atoms with Crippen LogP contribution in [0.5, 0.6) is 0 Å². The third kappa shape index (κ3) is 2.98. The highest BCUT2D eigenvalue weighted by molar-refractivity contribution is 5.93. The molecule has 2 atom stereocenters. The fourth-order valence-corrected chi connectivity index (χ4v) is 2.36. The number of nitro groups is 1. The van der Waals surface area contributed by atoms with E-state index < -0.39 is 10.9 Å². The Morgan fingerprint density at radius 1 is 1.58 bits per heavy atom. The standard InChI is InChI=1S/C12H15N3O4/c1-7-2-3-8(4-7)14-11-10(12(16)17)5-9(6-13-11)15(18)19/h5-8H,2-4H2,1H3,(H,13,14)(H,16,17). The molecule has 1 heterocycles. The summed E-state index contributed by atoms with van der Waals surface area (Å²) in [6.07, 6.45) is 4.08. The first-order valence-corrected chi connectivity index (χ1v) is 6.11. The molecule has 0 radical (unpaired) electrons. The topological polar surface area (TPSA) is 105 Å². The van der Waals surface area contributed by atoms with E-state index in [1.807, 2.05) is 0 Å². The van der Waals surface area contributed by atoms with Crippen molar-refractivity contribution in [1.82, 2.24) is 4.98 Å². The van der Waals surface area contributed by atoms with E-state index >= 15 is 0 Å². The van der Waals surface area contributed by atoms with E-state index in [0.29, 0.717) is 5.92 Å². The number of hydrogen-bond donors (Lipinski definition) is 2. The molecule has 0 aromatic carbocycles. The predicted octanol–water partition coefficient (Wildman–Crippen LogP) is 2.29. The summed E-state index contributed by atoms with van der Waals surface area (Å²) in [4.78, 5) is 25.0. The number of nitrogens with one attached hydrogen (secondary N) is 1. The van der Waals surface area contributed by atoms with Crippen LogP contribution in [0, 0.1) is 16.0 Å². The molecule has 0 spiro atoms. The Balaban J connectivity index is 2.24. The summed E-state index contributed by atoms with van der Waals surface area (Å²) in [7, 11) is 0. The first-order valence-electron chi connectivity index (χ1n) is 6.11. The van der Waals surface area contributed by atoms with Crippen molar-refractivity contribution in [2.45, 2.75) is 32.2 Å². The molecule has 2 rings (SSSR count). The number of carboxylic acids is 1. The predicted molar refractivity (Wildman–Crippen MR) is 68.3 cm³/mol. The normalized spacial score (nSPS) is 22.2. The molecule has 7 heteroatoms. The van der Waals surface area contributed by atoms with E-state index in [-0.39, 0.29) is 23.1 Å². The molecule has 19 heavy (non-hydrogen) atoms. The van der Waals surface area contributed by atoms with E-state index in [1.54, 1.807) is 0 Å². The molecule has 0 amide bonds. The van der Waals surface area contributed by atoms with Crippen LogP contribution in [-0.4, -0.2) is 27.0 Å². The number of anilines is 1. The molecule has 1 aliphatic rings. The van der Waals surface area contributed by atoms with Gasteiger partial charge in [-0.15, -0.1) is 0 Å². The van der Waals surface area contributed by atoms with Gasteiger partial charge in [0.15, 0.2) is 0 Å². The Hall–Kier alpha value is -2.18. The van der Waals surface area contributed by atoms with Crippen LogP contribution >= 0.6 is 0 Å². The first-order chi connectivity index (χ1) is 8.97. The maximum atomic E-state index is 11.1. The number of carbonyl (C=O) groups is 1. The van der Waals surface area contributed by atoms with E-state index in [4.69, 9.17) is 5.11 Å². The summed E-state index contributed by atoms with van der Waals surface area (Å²) in [6.45, 7) is 2.14. The maximum absolute atomic E-state index is 11.1. The zero-order valence-electron chi connectivity index (χ0n) is 10.5. The van der Waals surface area contributed by atoms with Gasteiger partial charge in [0.2, 0.25) is 0 Å². The van der Waals surface area contributed by atoms with Gasteiger partial charge < -0.3 is 10.4 Å². The highest BCUT2D eigenvalue weighted by Crippen LogP contribution is 2.28. The molecule has 1 aliphatic carbocycles. The van der Waals surface area contributed by atoms with E-state index in [0.717, 1.165) is 31.5 Å². The number of hydrogen-bond acceptors (Lipinski definition) is 5. The van der Waals surface area contributed by atoms with Crippen LogP contribution < -0.4 is 5.32 Å². The quantitative estimate of drug-likeness (QED) is 0.639. The second-order valence-electron chi connectivity index (χ2n) is 4.91. The minimum Gasteiger partial charge on any atom is -0.478 e. The van der Waals surface area contributed by atoms with E-state index in [2.05, 4.69) is 17.2 Å². The molecular formula is C12H15N3O4. The first kappa shape index (κ1) is 13.3. The Morgan fingerprint density at radius 3 is 2.84 bits per heavy atom. The lowest BCUT2D eigenvalue weighted by Crippen LogP contribution is -2.19. The van der Waals surface area contributed by atoms with Crippen LogP contribution in [0.25, 0.3) is 0 Å². The van der Waals surface area contributed by atoms with Gasteiger partial charge in [-0.25, -0.2) is 9.78 Å². The van der Waals surface area contributed by atoms with Crippen molar-refractivity contribution in [3.8, 4) is 0 Å². The number of carboxylic acid groups (broad SMARTS) is 1. The van der Waals surface area contributed by atoms with Gasteiger partial charge in [0, 0.05) is 12.1 Å². The SMILES string of the molecule is CC1CCC(Nc2ncc([N+](=O)[O-])cc2C(=O)O)C1. The zero-order valence-corrected chi connectivity index (χ0v) is 10.5. The van der Waals surface area contributed by atoms with Crippen molar-refractivity contribution in [1.29, 1.82) is 0 Å². The second kappa shape index (κ2) is 5.21. The Morgan fingerprint density at radius 2 is 2.32 bits per heavy atom. The summed E-state index contributed by atoms with van der Waals surface area (Å²) in [5.41, 5.74) is -0.475. The lowest BCUT2D eigenvalue weighted by Gasteiger charge is -2.14. The fraction of sp³-hybridized carbons (Fsp3) is 0.500. The monoisotopic (exact) mass is 265 g/mol. The van der Waals surface area contributed by atoms with Gasteiger partial charge in [0.25, 0.3) is 5.69 Å². The highest BCUT2D eigenvalue weighted by atomic mass is 16.6. The molecule has 0 aliphatic heterocycles.